The predicted octanol–water partition coefficient (Wildman–Crippen LogP) is 2.82. The molecule has 0 unspecified atom stereocenters. The third-order valence-electron chi connectivity index (χ3n) is 2.90. The highest BCUT2D eigenvalue weighted by atomic mass is 32.1. The third-order valence-corrected chi connectivity index (χ3v) is 3.82. The lowest BCUT2D eigenvalue weighted by molar-refractivity contribution is -0.136. The maximum atomic E-state index is 10.4. The molecule has 1 saturated carbocycles. The van der Waals surface area contributed by atoms with Crippen molar-refractivity contribution in [3.05, 3.63) is 16.1 Å². The summed E-state index contributed by atoms with van der Waals surface area (Å²) in [7, 11) is 0. The molecule has 3 nitrogen and oxygen atoms in total. The molecular formula is C11H15NO2S. The summed E-state index contributed by atoms with van der Waals surface area (Å²) < 4.78 is 0. The van der Waals surface area contributed by atoms with Crippen molar-refractivity contribution in [2.24, 2.45) is 0 Å². The zero-order chi connectivity index (χ0) is 10.7. The van der Waals surface area contributed by atoms with Gasteiger partial charge < -0.3 is 5.11 Å². The highest BCUT2D eigenvalue weighted by molar-refractivity contribution is 7.09. The number of aryl methyl sites for hydroxylation is 1. The number of aromatic nitrogens is 1. The predicted molar refractivity (Wildman–Crippen MR) is 59.3 cm³/mol. The number of hydrogen-bond donors (Lipinski definition) is 1. The molecule has 1 fully saturated rings. The molecule has 0 radical (unpaired) electrons. The van der Waals surface area contributed by atoms with Crippen molar-refractivity contribution >= 4 is 17.3 Å². The molecule has 1 aliphatic rings. The zero-order valence-electron chi connectivity index (χ0n) is 8.61. The molecule has 1 aromatic heterocycles. The van der Waals surface area contributed by atoms with Crippen molar-refractivity contribution < 1.29 is 9.90 Å². The lowest BCUT2D eigenvalue weighted by Gasteiger charge is -2.02. The number of carbonyl (C=O) groups is 1. The summed E-state index contributed by atoms with van der Waals surface area (Å²) in [6.45, 7) is 0. The van der Waals surface area contributed by atoms with Crippen LogP contribution in [0.1, 0.15) is 48.7 Å². The molecule has 0 bridgehead atoms. The minimum Gasteiger partial charge on any atom is -0.481 e. The van der Waals surface area contributed by atoms with Crippen molar-refractivity contribution in [1.82, 2.24) is 4.98 Å². The summed E-state index contributed by atoms with van der Waals surface area (Å²) in [5.74, 6) is -0.104. The molecule has 1 heterocycles. The van der Waals surface area contributed by atoms with E-state index in [4.69, 9.17) is 5.11 Å². The van der Waals surface area contributed by atoms with Crippen molar-refractivity contribution in [1.29, 1.82) is 0 Å². The van der Waals surface area contributed by atoms with Gasteiger partial charge in [0.25, 0.3) is 0 Å². The maximum Gasteiger partial charge on any atom is 0.303 e. The van der Waals surface area contributed by atoms with Crippen LogP contribution >= 0.6 is 11.3 Å². The Hall–Kier alpha value is -0.900. The van der Waals surface area contributed by atoms with Crippen molar-refractivity contribution in [2.45, 2.75) is 44.4 Å². The van der Waals surface area contributed by atoms with Crippen LogP contribution in [0.4, 0.5) is 0 Å². The maximum absolute atomic E-state index is 10.4. The van der Waals surface area contributed by atoms with Gasteiger partial charge in [0.15, 0.2) is 0 Å². The van der Waals surface area contributed by atoms with E-state index in [-0.39, 0.29) is 6.42 Å². The molecule has 4 heteroatoms. The van der Waals surface area contributed by atoms with Crippen LogP contribution in [0.15, 0.2) is 5.38 Å². The number of carboxylic acid groups (broad SMARTS) is 1. The highest BCUT2D eigenvalue weighted by Gasteiger charge is 2.19. The Balaban J connectivity index is 1.94. The molecule has 1 aromatic rings. The Bertz CT molecular complexity index is 342. The number of rotatable bonds is 4. The number of aliphatic carboxylic acids is 1. The zero-order valence-corrected chi connectivity index (χ0v) is 9.42. The van der Waals surface area contributed by atoms with E-state index in [1.54, 1.807) is 11.3 Å². The molecule has 0 amide bonds. The fraction of sp³-hybridized carbons (Fsp3) is 0.636. The largest absolute Gasteiger partial charge is 0.481 e. The van der Waals surface area contributed by atoms with Crippen LogP contribution in [0.5, 0.6) is 0 Å². The van der Waals surface area contributed by atoms with Gasteiger partial charge in [-0.1, -0.05) is 12.8 Å². The molecule has 0 aliphatic heterocycles. The minimum atomic E-state index is -0.743. The van der Waals surface area contributed by atoms with E-state index < -0.39 is 5.97 Å². The van der Waals surface area contributed by atoms with Crippen LogP contribution in [0, 0.1) is 0 Å². The van der Waals surface area contributed by atoms with E-state index in [0.717, 1.165) is 5.01 Å². The molecule has 0 atom stereocenters. The van der Waals surface area contributed by atoms with Gasteiger partial charge >= 0.3 is 5.97 Å². The van der Waals surface area contributed by atoms with Crippen molar-refractivity contribution in [3.8, 4) is 0 Å². The van der Waals surface area contributed by atoms with Gasteiger partial charge in [-0.3, -0.25) is 4.79 Å². The van der Waals surface area contributed by atoms with Crippen molar-refractivity contribution in [3.63, 3.8) is 0 Å². The minimum absolute atomic E-state index is 0.192. The first-order valence-electron chi connectivity index (χ1n) is 5.42. The van der Waals surface area contributed by atoms with Gasteiger partial charge in [0, 0.05) is 17.7 Å². The first-order chi connectivity index (χ1) is 7.25. The smallest absolute Gasteiger partial charge is 0.303 e. The lowest BCUT2D eigenvalue weighted by atomic mass is 10.1. The Morgan fingerprint density at radius 1 is 1.53 bits per heavy atom. The standard InChI is InChI=1S/C11H15NO2S/c13-11(14)6-5-10-12-9(7-15-10)8-3-1-2-4-8/h7-8H,1-6H2,(H,13,14). The van der Waals surface area contributed by atoms with E-state index >= 15 is 0 Å². The Morgan fingerprint density at radius 2 is 2.27 bits per heavy atom. The van der Waals surface area contributed by atoms with E-state index in [1.165, 1.54) is 31.4 Å². The first-order valence-corrected chi connectivity index (χ1v) is 6.30. The Morgan fingerprint density at radius 3 is 2.93 bits per heavy atom. The monoisotopic (exact) mass is 225 g/mol. The molecule has 15 heavy (non-hydrogen) atoms. The highest BCUT2D eigenvalue weighted by Crippen LogP contribution is 2.34. The van der Waals surface area contributed by atoms with Gasteiger partial charge in [-0.15, -0.1) is 11.3 Å². The second kappa shape index (κ2) is 4.75. The normalized spacial score (nSPS) is 17.1. The fourth-order valence-corrected chi connectivity index (χ4v) is 2.94. The average Bonchev–Trinajstić information content (AvgIpc) is 2.85. The van der Waals surface area contributed by atoms with Gasteiger partial charge in [0.1, 0.15) is 0 Å². The van der Waals surface area contributed by atoms with Gasteiger partial charge in [0.2, 0.25) is 0 Å². The number of nitrogens with zero attached hydrogens (tertiary/aromatic N) is 1. The molecule has 82 valence electrons. The van der Waals surface area contributed by atoms with E-state index in [0.29, 0.717) is 12.3 Å². The number of carboxylic acids is 1. The molecule has 0 spiro atoms. The molecule has 1 N–H and O–H groups in total. The quantitative estimate of drug-likeness (QED) is 0.857. The lowest BCUT2D eigenvalue weighted by Crippen LogP contribution is -1.98. The summed E-state index contributed by atoms with van der Waals surface area (Å²) in [5, 5.41) is 11.6. The molecule has 1 aliphatic carbocycles. The number of hydrogen-bond acceptors (Lipinski definition) is 3. The summed E-state index contributed by atoms with van der Waals surface area (Å²) in [6, 6.07) is 0. The topological polar surface area (TPSA) is 50.2 Å². The summed E-state index contributed by atoms with van der Waals surface area (Å²) >= 11 is 1.60. The second-order valence-electron chi connectivity index (χ2n) is 4.04. The second-order valence-corrected chi connectivity index (χ2v) is 4.98. The summed E-state index contributed by atoms with van der Waals surface area (Å²) in [4.78, 5) is 14.9. The first kappa shape index (κ1) is 10.6. The van der Waals surface area contributed by atoms with Gasteiger partial charge in [-0.05, 0) is 12.8 Å². The van der Waals surface area contributed by atoms with Crippen LogP contribution in [0.2, 0.25) is 0 Å². The average molecular weight is 225 g/mol. The number of thiazole rings is 1. The molecular weight excluding hydrogens is 210 g/mol. The van der Waals surface area contributed by atoms with Crippen LogP contribution in [-0.4, -0.2) is 16.1 Å². The molecule has 0 aromatic carbocycles. The Labute approximate surface area is 93.2 Å². The van der Waals surface area contributed by atoms with Gasteiger partial charge in [-0.2, -0.15) is 0 Å². The van der Waals surface area contributed by atoms with Gasteiger partial charge in [0.05, 0.1) is 17.1 Å². The van der Waals surface area contributed by atoms with Crippen LogP contribution < -0.4 is 0 Å². The van der Waals surface area contributed by atoms with E-state index in [2.05, 4.69) is 10.4 Å². The van der Waals surface area contributed by atoms with E-state index in [1.807, 2.05) is 0 Å². The Kier molecular flexibility index (Phi) is 3.36. The molecule has 2 rings (SSSR count). The third kappa shape index (κ3) is 2.78. The summed E-state index contributed by atoms with van der Waals surface area (Å²) in [5.41, 5.74) is 1.19. The SMILES string of the molecule is O=C(O)CCc1nc(C2CCCC2)cs1. The van der Waals surface area contributed by atoms with Crippen LogP contribution in [0.3, 0.4) is 0 Å². The van der Waals surface area contributed by atoms with Gasteiger partial charge in [-0.25, -0.2) is 4.98 Å². The molecule has 0 saturated heterocycles. The van der Waals surface area contributed by atoms with Crippen molar-refractivity contribution in [2.75, 3.05) is 0 Å². The summed E-state index contributed by atoms with van der Waals surface area (Å²) in [6.07, 6.45) is 5.90. The fourth-order valence-electron chi connectivity index (χ4n) is 2.06. The van der Waals surface area contributed by atoms with Crippen LogP contribution in [0.25, 0.3) is 0 Å². The van der Waals surface area contributed by atoms with E-state index in [9.17, 15) is 4.79 Å². The van der Waals surface area contributed by atoms with Crippen LogP contribution in [-0.2, 0) is 11.2 Å².